The van der Waals surface area contributed by atoms with E-state index in [1.807, 2.05) is 0 Å². The lowest BCUT2D eigenvalue weighted by Crippen LogP contribution is -2.46. The van der Waals surface area contributed by atoms with Gasteiger partial charge in [0.1, 0.15) is 0 Å². The van der Waals surface area contributed by atoms with E-state index in [1.54, 1.807) is 31.2 Å². The van der Waals surface area contributed by atoms with Gasteiger partial charge in [-0.25, -0.2) is 4.79 Å². The van der Waals surface area contributed by atoms with E-state index in [0.717, 1.165) is 35.2 Å². The first kappa shape index (κ1) is 24.4. The number of nitrogens with zero attached hydrogens (tertiary/aromatic N) is 3. The van der Waals surface area contributed by atoms with Gasteiger partial charge in [0.2, 0.25) is 5.69 Å². The van der Waals surface area contributed by atoms with Crippen molar-refractivity contribution in [1.82, 2.24) is 19.7 Å². The molecule has 35 heavy (non-hydrogen) atoms. The van der Waals surface area contributed by atoms with E-state index in [0.29, 0.717) is 16.9 Å². The van der Waals surface area contributed by atoms with Gasteiger partial charge in [-0.2, -0.15) is 23.0 Å². The Morgan fingerprint density at radius 2 is 1.94 bits per heavy atom. The number of aromatic nitrogens is 3. The smallest absolute Gasteiger partial charge is 0.376 e. The summed E-state index contributed by atoms with van der Waals surface area (Å²) in [4.78, 5) is 39.2. The minimum absolute atomic E-state index is 0.0757. The minimum Gasteiger partial charge on any atom is -0.376 e. The predicted octanol–water partition coefficient (Wildman–Crippen LogP) is 2.68. The molecular weight excluding hydrogens is 465 g/mol. The minimum atomic E-state index is -4.59. The van der Waals surface area contributed by atoms with E-state index in [1.165, 1.54) is 12.1 Å². The van der Waals surface area contributed by atoms with Crippen molar-refractivity contribution in [3.63, 3.8) is 0 Å². The molecule has 0 radical (unpaired) electrons. The summed E-state index contributed by atoms with van der Waals surface area (Å²) in [5, 5.41) is 6.63. The van der Waals surface area contributed by atoms with Crippen molar-refractivity contribution in [3.8, 4) is 5.69 Å². The van der Waals surface area contributed by atoms with Gasteiger partial charge in [-0.1, -0.05) is 24.3 Å². The maximum absolute atomic E-state index is 13.2. The van der Waals surface area contributed by atoms with Crippen molar-refractivity contribution in [1.29, 1.82) is 0 Å². The summed E-state index contributed by atoms with van der Waals surface area (Å²) in [5.74, 6) is -0.801. The highest BCUT2D eigenvalue weighted by Gasteiger charge is 2.30. The molecule has 11 heteroatoms. The largest absolute Gasteiger partial charge is 0.416 e. The lowest BCUT2D eigenvalue weighted by atomic mass is 10.1. The Bertz CT molecular complexity index is 1360. The summed E-state index contributed by atoms with van der Waals surface area (Å²) in [6.45, 7) is 2.07. The van der Waals surface area contributed by atoms with Crippen LogP contribution in [0.3, 0.4) is 0 Å². The normalized spacial score (nSPS) is 15.8. The van der Waals surface area contributed by atoms with Gasteiger partial charge in [0.05, 0.1) is 23.9 Å². The summed E-state index contributed by atoms with van der Waals surface area (Å²) >= 11 is 0. The van der Waals surface area contributed by atoms with Crippen molar-refractivity contribution >= 4 is 5.91 Å². The molecule has 1 atom stereocenters. The number of ether oxygens (including phenoxy) is 1. The van der Waals surface area contributed by atoms with E-state index < -0.39 is 41.1 Å². The van der Waals surface area contributed by atoms with Crippen LogP contribution < -0.4 is 16.6 Å². The third kappa shape index (κ3) is 5.51. The summed E-state index contributed by atoms with van der Waals surface area (Å²) in [7, 11) is 0. The first-order chi connectivity index (χ1) is 16.6. The highest BCUT2D eigenvalue weighted by molar-refractivity contribution is 5.91. The molecule has 1 aromatic heterocycles. The molecule has 2 heterocycles. The van der Waals surface area contributed by atoms with Crippen LogP contribution in [0.15, 0.2) is 58.1 Å². The zero-order valence-electron chi connectivity index (χ0n) is 18.8. The molecule has 0 aliphatic carbocycles. The van der Waals surface area contributed by atoms with E-state index in [-0.39, 0.29) is 18.2 Å². The van der Waals surface area contributed by atoms with Gasteiger partial charge in [0, 0.05) is 13.2 Å². The highest BCUT2D eigenvalue weighted by atomic mass is 19.4. The number of benzene rings is 2. The monoisotopic (exact) mass is 488 g/mol. The summed E-state index contributed by atoms with van der Waals surface area (Å²) in [5.41, 5.74) is -2.15. The van der Waals surface area contributed by atoms with Gasteiger partial charge in [0.15, 0.2) is 0 Å². The van der Waals surface area contributed by atoms with Crippen LogP contribution >= 0.6 is 0 Å². The Hall–Kier alpha value is -3.73. The number of nitrogens with one attached hydrogen (secondary N) is 1. The van der Waals surface area contributed by atoms with Gasteiger partial charge in [-0.05, 0) is 55.2 Å². The zero-order valence-corrected chi connectivity index (χ0v) is 18.8. The second-order valence-corrected chi connectivity index (χ2v) is 8.32. The van der Waals surface area contributed by atoms with Crippen LogP contribution in [0, 0.1) is 6.92 Å². The molecule has 2 aromatic carbocycles. The SMILES string of the molecule is Cc1cccc(-n2nc(C(=O)NCC3CCCO3)c(=O)n(Cc3cccc(C(F)(F)F)c3)c2=O)c1. The van der Waals surface area contributed by atoms with E-state index >= 15 is 0 Å². The fourth-order valence-corrected chi connectivity index (χ4v) is 3.85. The maximum atomic E-state index is 13.2. The van der Waals surface area contributed by atoms with Gasteiger partial charge in [-0.3, -0.25) is 14.2 Å². The quantitative estimate of drug-likeness (QED) is 0.576. The van der Waals surface area contributed by atoms with Crippen molar-refractivity contribution in [2.75, 3.05) is 13.2 Å². The number of hydrogen-bond acceptors (Lipinski definition) is 5. The van der Waals surface area contributed by atoms with Crippen LogP contribution in [-0.2, 0) is 17.5 Å². The molecule has 1 aliphatic rings. The number of alkyl halides is 3. The number of hydrogen-bond donors (Lipinski definition) is 1. The van der Waals surface area contributed by atoms with Crippen LogP contribution in [0.5, 0.6) is 0 Å². The highest BCUT2D eigenvalue weighted by Crippen LogP contribution is 2.29. The lowest BCUT2D eigenvalue weighted by Gasteiger charge is -2.14. The number of carbonyl (C=O) groups is 1. The van der Waals surface area contributed by atoms with E-state index in [4.69, 9.17) is 4.74 Å². The number of carbonyl (C=O) groups excluding carboxylic acids is 1. The Labute approximate surface area is 198 Å². The number of amides is 1. The fraction of sp³-hybridized carbons (Fsp3) is 0.333. The molecule has 0 spiro atoms. The Morgan fingerprint density at radius 3 is 2.63 bits per heavy atom. The molecule has 1 amide bonds. The third-order valence-electron chi connectivity index (χ3n) is 5.63. The molecule has 3 aromatic rings. The van der Waals surface area contributed by atoms with Gasteiger partial charge < -0.3 is 10.1 Å². The lowest BCUT2D eigenvalue weighted by molar-refractivity contribution is -0.137. The number of rotatable bonds is 6. The maximum Gasteiger partial charge on any atom is 0.416 e. The molecule has 1 saturated heterocycles. The average molecular weight is 488 g/mol. The van der Waals surface area contributed by atoms with Gasteiger partial charge >= 0.3 is 11.9 Å². The molecule has 1 fully saturated rings. The molecule has 4 rings (SSSR count). The van der Waals surface area contributed by atoms with E-state index in [2.05, 4.69) is 10.4 Å². The molecule has 1 N–H and O–H groups in total. The van der Waals surface area contributed by atoms with Crippen molar-refractivity contribution < 1.29 is 22.7 Å². The standard InChI is InChI=1S/C24H23F3N4O4/c1-15-5-2-8-18(11-15)31-23(34)30(14-16-6-3-7-17(12-16)24(25,26)27)22(33)20(29-31)21(32)28-13-19-9-4-10-35-19/h2-3,5-8,11-12,19H,4,9-10,13-14H2,1H3,(H,28,32). The molecule has 1 aliphatic heterocycles. The molecular formula is C24H23F3N4O4. The van der Waals surface area contributed by atoms with Crippen molar-refractivity contribution in [3.05, 3.63) is 91.8 Å². The Kier molecular flexibility index (Phi) is 6.88. The topological polar surface area (TPSA) is 95.2 Å². The first-order valence-electron chi connectivity index (χ1n) is 11.0. The Morgan fingerprint density at radius 1 is 1.17 bits per heavy atom. The molecule has 8 nitrogen and oxygen atoms in total. The molecule has 0 saturated carbocycles. The van der Waals surface area contributed by atoms with Crippen molar-refractivity contribution in [2.45, 2.75) is 38.6 Å². The Balaban J connectivity index is 1.78. The van der Waals surface area contributed by atoms with Crippen LogP contribution in [0.2, 0.25) is 0 Å². The predicted molar refractivity (Wildman–Crippen MR) is 121 cm³/mol. The third-order valence-corrected chi connectivity index (χ3v) is 5.63. The van der Waals surface area contributed by atoms with Gasteiger partial charge in [-0.15, -0.1) is 0 Å². The van der Waals surface area contributed by atoms with Crippen LogP contribution in [0.1, 0.15) is 40.0 Å². The fourth-order valence-electron chi connectivity index (χ4n) is 3.85. The zero-order chi connectivity index (χ0) is 25.2. The average Bonchev–Trinajstić information content (AvgIpc) is 3.34. The summed E-state index contributed by atoms with van der Waals surface area (Å²) in [6, 6.07) is 11.0. The summed E-state index contributed by atoms with van der Waals surface area (Å²) in [6.07, 6.45) is -3.15. The second-order valence-electron chi connectivity index (χ2n) is 8.32. The molecule has 184 valence electrons. The summed E-state index contributed by atoms with van der Waals surface area (Å²) < 4.78 is 46.6. The second kappa shape index (κ2) is 9.87. The molecule has 0 bridgehead atoms. The van der Waals surface area contributed by atoms with Crippen molar-refractivity contribution in [2.24, 2.45) is 0 Å². The number of aryl methyl sites for hydroxylation is 1. The van der Waals surface area contributed by atoms with Crippen LogP contribution in [0.25, 0.3) is 5.69 Å². The van der Waals surface area contributed by atoms with Gasteiger partial charge in [0.25, 0.3) is 11.5 Å². The van der Waals surface area contributed by atoms with Crippen LogP contribution in [-0.4, -0.2) is 39.5 Å². The van der Waals surface area contributed by atoms with Crippen LogP contribution in [0.4, 0.5) is 13.2 Å². The van der Waals surface area contributed by atoms with E-state index in [9.17, 15) is 27.6 Å². The molecule has 1 unspecified atom stereocenters. The first-order valence-corrected chi connectivity index (χ1v) is 11.0. The number of halogens is 3.